The fourth-order valence-corrected chi connectivity index (χ4v) is 3.09. The third-order valence-electron chi connectivity index (χ3n) is 4.56. The lowest BCUT2D eigenvalue weighted by atomic mass is 9.84. The largest absolute Gasteiger partial charge is 0.465 e. The van der Waals surface area contributed by atoms with Crippen molar-refractivity contribution < 1.29 is 14.8 Å². The SMILES string of the molecule is CN(C)/C=C/c1nc(N2CCN(C(=O)O)C(C(C)(C)C)C2)ccc1[N+](=O)[O-]. The van der Waals surface area contributed by atoms with Crippen LogP contribution in [-0.4, -0.2) is 70.7 Å². The van der Waals surface area contributed by atoms with Gasteiger partial charge in [0.25, 0.3) is 5.69 Å². The molecule has 1 N–H and O–H groups in total. The average molecular weight is 377 g/mol. The van der Waals surface area contributed by atoms with Crippen LogP contribution < -0.4 is 4.90 Å². The number of nitro groups is 1. The summed E-state index contributed by atoms with van der Waals surface area (Å²) >= 11 is 0. The topological polar surface area (TPSA) is 103 Å². The monoisotopic (exact) mass is 377 g/mol. The molecule has 1 saturated heterocycles. The van der Waals surface area contributed by atoms with Gasteiger partial charge in [-0.2, -0.15) is 0 Å². The highest BCUT2D eigenvalue weighted by Crippen LogP contribution is 2.30. The van der Waals surface area contributed by atoms with Crippen LogP contribution >= 0.6 is 0 Å². The molecule has 9 heteroatoms. The summed E-state index contributed by atoms with van der Waals surface area (Å²) in [4.78, 5) is 32.1. The Hall–Kier alpha value is -2.84. The number of carbonyl (C=O) groups is 1. The fraction of sp³-hybridized carbons (Fsp3) is 0.556. The van der Waals surface area contributed by atoms with Crippen LogP contribution in [0.5, 0.6) is 0 Å². The molecule has 0 spiro atoms. The zero-order valence-electron chi connectivity index (χ0n) is 16.4. The Morgan fingerprint density at radius 2 is 2.04 bits per heavy atom. The summed E-state index contributed by atoms with van der Waals surface area (Å²) in [6.07, 6.45) is 2.39. The van der Waals surface area contributed by atoms with Crippen molar-refractivity contribution in [3.63, 3.8) is 0 Å². The van der Waals surface area contributed by atoms with Gasteiger partial charge in [-0.05, 0) is 17.6 Å². The van der Waals surface area contributed by atoms with Crippen molar-refractivity contribution in [3.8, 4) is 0 Å². The van der Waals surface area contributed by atoms with Gasteiger partial charge in [-0.1, -0.05) is 20.8 Å². The summed E-state index contributed by atoms with van der Waals surface area (Å²) in [6.45, 7) is 7.35. The van der Waals surface area contributed by atoms with Crippen LogP contribution in [-0.2, 0) is 0 Å². The standard InChI is InChI=1S/C18H27N5O4/c1-18(2,3)15-12-21(10-11-22(15)17(24)25)16-7-6-14(23(26)27)13(19-16)8-9-20(4)5/h6-9,15H,10-12H2,1-5H3,(H,24,25)/b9-8+. The smallest absolute Gasteiger partial charge is 0.407 e. The predicted octanol–water partition coefficient (Wildman–Crippen LogP) is 2.74. The predicted molar refractivity (Wildman–Crippen MR) is 104 cm³/mol. The number of hydrogen-bond donors (Lipinski definition) is 1. The summed E-state index contributed by atoms with van der Waals surface area (Å²) in [5, 5.41) is 20.8. The number of carboxylic acid groups (broad SMARTS) is 1. The van der Waals surface area contributed by atoms with Crippen molar-refractivity contribution in [1.82, 2.24) is 14.8 Å². The van der Waals surface area contributed by atoms with E-state index in [1.807, 2.05) is 39.8 Å². The van der Waals surface area contributed by atoms with E-state index in [1.165, 1.54) is 11.0 Å². The molecule has 1 fully saturated rings. The van der Waals surface area contributed by atoms with Crippen molar-refractivity contribution >= 4 is 23.7 Å². The Morgan fingerprint density at radius 1 is 1.37 bits per heavy atom. The number of rotatable bonds is 4. The first kappa shape index (κ1) is 20.5. The first-order valence-corrected chi connectivity index (χ1v) is 8.75. The molecule has 0 aromatic carbocycles. The van der Waals surface area contributed by atoms with Gasteiger partial charge in [0, 0.05) is 46.0 Å². The number of hydrogen-bond acceptors (Lipinski definition) is 6. The lowest BCUT2D eigenvalue weighted by Gasteiger charge is -2.46. The van der Waals surface area contributed by atoms with Crippen LogP contribution in [0.3, 0.4) is 0 Å². The van der Waals surface area contributed by atoms with E-state index in [-0.39, 0.29) is 22.8 Å². The van der Waals surface area contributed by atoms with Gasteiger partial charge in [0.15, 0.2) is 0 Å². The molecule has 148 valence electrons. The number of piperazine rings is 1. The Morgan fingerprint density at radius 3 is 2.56 bits per heavy atom. The Balaban J connectivity index is 2.36. The van der Waals surface area contributed by atoms with Gasteiger partial charge >= 0.3 is 6.09 Å². The second-order valence-electron chi connectivity index (χ2n) is 7.91. The molecule has 1 amide bonds. The minimum atomic E-state index is -0.930. The molecule has 0 bridgehead atoms. The third kappa shape index (κ3) is 4.87. The van der Waals surface area contributed by atoms with E-state index in [0.29, 0.717) is 25.5 Å². The summed E-state index contributed by atoms with van der Waals surface area (Å²) in [6, 6.07) is 2.87. The summed E-state index contributed by atoms with van der Waals surface area (Å²) in [5.74, 6) is 0.610. The Bertz CT molecular complexity index is 742. The van der Waals surface area contributed by atoms with E-state index in [9.17, 15) is 20.0 Å². The van der Waals surface area contributed by atoms with Crippen LogP contribution in [0.2, 0.25) is 0 Å². The molecule has 1 atom stereocenters. The number of anilines is 1. The van der Waals surface area contributed by atoms with Gasteiger partial charge in [0.2, 0.25) is 0 Å². The lowest BCUT2D eigenvalue weighted by Crippen LogP contribution is -2.59. The molecule has 2 rings (SSSR count). The van der Waals surface area contributed by atoms with E-state index in [1.54, 1.807) is 23.2 Å². The Kier molecular flexibility index (Phi) is 5.92. The maximum absolute atomic E-state index is 11.6. The maximum atomic E-state index is 11.6. The Labute approximate surface area is 159 Å². The molecule has 2 heterocycles. The highest BCUT2D eigenvalue weighted by molar-refractivity contribution is 5.66. The highest BCUT2D eigenvalue weighted by Gasteiger charge is 2.38. The van der Waals surface area contributed by atoms with Crippen LogP contribution in [0.4, 0.5) is 16.3 Å². The van der Waals surface area contributed by atoms with Crippen molar-refractivity contribution in [1.29, 1.82) is 0 Å². The molecule has 1 aliphatic rings. The quantitative estimate of drug-likeness (QED) is 0.635. The number of aromatic nitrogens is 1. The molecule has 0 saturated carbocycles. The van der Waals surface area contributed by atoms with Crippen molar-refractivity contribution in [2.24, 2.45) is 5.41 Å². The average Bonchev–Trinajstić information content (AvgIpc) is 2.58. The van der Waals surface area contributed by atoms with Crippen LogP contribution in [0.25, 0.3) is 6.08 Å². The fourth-order valence-electron chi connectivity index (χ4n) is 3.09. The minimum Gasteiger partial charge on any atom is -0.465 e. The van der Waals surface area contributed by atoms with E-state index in [4.69, 9.17) is 0 Å². The molecule has 1 aromatic heterocycles. The van der Waals surface area contributed by atoms with Crippen LogP contribution in [0, 0.1) is 15.5 Å². The molecule has 1 aromatic rings. The van der Waals surface area contributed by atoms with Crippen LogP contribution in [0.15, 0.2) is 18.3 Å². The van der Waals surface area contributed by atoms with Gasteiger partial charge in [-0.25, -0.2) is 9.78 Å². The molecule has 0 radical (unpaired) electrons. The molecule has 9 nitrogen and oxygen atoms in total. The summed E-state index contributed by atoms with van der Waals surface area (Å²) in [5.41, 5.74) is -0.0292. The molecule has 1 aliphatic heterocycles. The summed E-state index contributed by atoms with van der Waals surface area (Å²) < 4.78 is 0. The second-order valence-corrected chi connectivity index (χ2v) is 7.91. The van der Waals surface area contributed by atoms with Gasteiger partial charge in [-0.15, -0.1) is 0 Å². The maximum Gasteiger partial charge on any atom is 0.407 e. The van der Waals surface area contributed by atoms with Crippen molar-refractivity contribution in [3.05, 3.63) is 34.1 Å². The van der Waals surface area contributed by atoms with Gasteiger partial charge in [0.1, 0.15) is 11.5 Å². The lowest BCUT2D eigenvalue weighted by molar-refractivity contribution is -0.385. The molecule has 27 heavy (non-hydrogen) atoms. The molecular formula is C18H27N5O4. The van der Waals surface area contributed by atoms with E-state index < -0.39 is 11.0 Å². The zero-order valence-corrected chi connectivity index (χ0v) is 16.4. The van der Waals surface area contributed by atoms with Crippen LogP contribution in [0.1, 0.15) is 26.5 Å². The summed E-state index contributed by atoms with van der Waals surface area (Å²) in [7, 11) is 3.65. The second kappa shape index (κ2) is 7.81. The highest BCUT2D eigenvalue weighted by atomic mass is 16.6. The molecular weight excluding hydrogens is 350 g/mol. The van der Waals surface area contributed by atoms with E-state index in [2.05, 4.69) is 4.98 Å². The first-order valence-electron chi connectivity index (χ1n) is 8.75. The van der Waals surface area contributed by atoms with Gasteiger partial charge < -0.3 is 19.8 Å². The molecule has 0 aliphatic carbocycles. The minimum absolute atomic E-state index is 0.0617. The zero-order chi connectivity index (χ0) is 20.4. The number of amides is 1. The number of pyridine rings is 1. The molecule has 1 unspecified atom stereocenters. The third-order valence-corrected chi connectivity index (χ3v) is 4.56. The van der Waals surface area contributed by atoms with Crippen molar-refractivity contribution in [2.75, 3.05) is 38.6 Å². The number of nitrogens with zero attached hydrogens (tertiary/aromatic N) is 5. The normalized spacial score (nSPS) is 18.0. The van der Waals surface area contributed by atoms with Gasteiger partial charge in [0.05, 0.1) is 11.0 Å². The van der Waals surface area contributed by atoms with Crippen molar-refractivity contribution in [2.45, 2.75) is 26.8 Å². The van der Waals surface area contributed by atoms with E-state index >= 15 is 0 Å². The van der Waals surface area contributed by atoms with E-state index in [0.717, 1.165) is 0 Å². The first-order chi connectivity index (χ1) is 12.5. The van der Waals surface area contributed by atoms with Gasteiger partial charge in [-0.3, -0.25) is 10.1 Å².